The summed E-state index contributed by atoms with van der Waals surface area (Å²) in [6.07, 6.45) is 1.74. The molecule has 4 nitrogen and oxygen atoms in total. The fourth-order valence-electron chi connectivity index (χ4n) is 2.36. The quantitative estimate of drug-likeness (QED) is 0.679. The van der Waals surface area contributed by atoms with Crippen molar-refractivity contribution < 1.29 is 14.3 Å². The number of methoxy groups -OCH3 is 1. The number of para-hydroxylation sites is 1. The molecule has 0 unspecified atom stereocenters. The van der Waals surface area contributed by atoms with Gasteiger partial charge in [0.05, 0.1) is 7.11 Å². The summed E-state index contributed by atoms with van der Waals surface area (Å²) in [5.41, 5.74) is 2.37. The Morgan fingerprint density at radius 1 is 0.905 bits per heavy atom. The molecule has 0 saturated heterocycles. The number of amides is 2. The number of nitrogens with one attached hydrogen (secondary N) is 1. The number of hydrogen-bond acceptors (Lipinski definition) is 3. The van der Waals surface area contributed by atoms with Crippen molar-refractivity contribution in [3.05, 3.63) is 65.2 Å². The standard InChI is InChI=1S/C17H13NO3/c1-21-15-9-5-2-6-11(15)10-14-12-7-3-4-8-13(12)16(19)18-17(14)20/h2-10H,1H3,(H,18,19,20)/b14-10-. The van der Waals surface area contributed by atoms with Crippen LogP contribution in [0.15, 0.2) is 48.5 Å². The van der Waals surface area contributed by atoms with Gasteiger partial charge in [0.25, 0.3) is 11.8 Å². The molecule has 0 spiro atoms. The van der Waals surface area contributed by atoms with Gasteiger partial charge >= 0.3 is 0 Å². The highest BCUT2D eigenvalue weighted by molar-refractivity contribution is 6.34. The van der Waals surface area contributed by atoms with Gasteiger partial charge in [0.2, 0.25) is 0 Å². The molecule has 0 fully saturated rings. The van der Waals surface area contributed by atoms with Crippen molar-refractivity contribution in [2.75, 3.05) is 7.11 Å². The second-order valence-electron chi connectivity index (χ2n) is 4.63. The Labute approximate surface area is 122 Å². The van der Waals surface area contributed by atoms with Crippen LogP contribution in [0.3, 0.4) is 0 Å². The smallest absolute Gasteiger partial charge is 0.258 e. The molecule has 1 aliphatic rings. The lowest BCUT2D eigenvalue weighted by Crippen LogP contribution is -2.36. The summed E-state index contributed by atoms with van der Waals surface area (Å²) in [6.45, 7) is 0. The lowest BCUT2D eigenvalue weighted by Gasteiger charge is -2.18. The van der Waals surface area contributed by atoms with E-state index in [2.05, 4.69) is 5.32 Å². The number of fused-ring (bicyclic) bond motifs is 1. The second-order valence-corrected chi connectivity index (χ2v) is 4.63. The number of carbonyl (C=O) groups excluding carboxylic acids is 2. The van der Waals surface area contributed by atoms with E-state index in [0.717, 1.165) is 5.56 Å². The zero-order valence-corrected chi connectivity index (χ0v) is 11.4. The van der Waals surface area contributed by atoms with Crippen molar-refractivity contribution in [1.29, 1.82) is 0 Å². The van der Waals surface area contributed by atoms with Crippen molar-refractivity contribution in [1.82, 2.24) is 5.32 Å². The highest BCUT2D eigenvalue weighted by Gasteiger charge is 2.26. The summed E-state index contributed by atoms with van der Waals surface area (Å²) < 4.78 is 5.29. The maximum atomic E-state index is 12.1. The van der Waals surface area contributed by atoms with Crippen LogP contribution in [0.25, 0.3) is 11.6 Å². The average molecular weight is 279 g/mol. The second kappa shape index (κ2) is 5.25. The third-order valence-corrected chi connectivity index (χ3v) is 3.37. The predicted molar refractivity (Wildman–Crippen MR) is 79.8 cm³/mol. The minimum atomic E-state index is -0.399. The summed E-state index contributed by atoms with van der Waals surface area (Å²) in [5, 5.41) is 2.36. The lowest BCUT2D eigenvalue weighted by molar-refractivity contribution is -0.114. The van der Waals surface area contributed by atoms with Crippen LogP contribution in [0.2, 0.25) is 0 Å². The van der Waals surface area contributed by atoms with Crippen molar-refractivity contribution in [3.8, 4) is 5.75 Å². The molecule has 0 saturated carbocycles. The Morgan fingerprint density at radius 3 is 2.33 bits per heavy atom. The zero-order valence-electron chi connectivity index (χ0n) is 11.4. The number of carbonyl (C=O) groups is 2. The SMILES string of the molecule is COc1ccccc1/C=C1\C(=O)NC(=O)c2ccccc21. The maximum Gasteiger partial charge on any atom is 0.258 e. The molecule has 21 heavy (non-hydrogen) atoms. The molecule has 1 heterocycles. The van der Waals surface area contributed by atoms with Crippen molar-refractivity contribution in [2.24, 2.45) is 0 Å². The minimum absolute atomic E-state index is 0.368. The van der Waals surface area contributed by atoms with E-state index in [1.807, 2.05) is 24.3 Å². The summed E-state index contributed by atoms with van der Waals surface area (Å²) in [4.78, 5) is 24.0. The van der Waals surface area contributed by atoms with Crippen LogP contribution in [0.5, 0.6) is 5.75 Å². The number of ether oxygens (including phenoxy) is 1. The van der Waals surface area contributed by atoms with Gasteiger partial charge in [0.15, 0.2) is 0 Å². The number of rotatable bonds is 2. The fraction of sp³-hybridized carbons (Fsp3) is 0.0588. The van der Waals surface area contributed by atoms with Gasteiger partial charge in [-0.05, 0) is 23.8 Å². The minimum Gasteiger partial charge on any atom is -0.496 e. The van der Waals surface area contributed by atoms with Crippen LogP contribution in [0.1, 0.15) is 21.5 Å². The van der Waals surface area contributed by atoms with Crippen molar-refractivity contribution in [2.45, 2.75) is 0 Å². The molecule has 0 bridgehead atoms. The Morgan fingerprint density at radius 2 is 1.57 bits per heavy atom. The van der Waals surface area contributed by atoms with E-state index in [0.29, 0.717) is 22.4 Å². The summed E-state index contributed by atoms with van der Waals surface area (Å²) in [7, 11) is 1.58. The molecule has 0 atom stereocenters. The molecule has 104 valence electrons. The van der Waals surface area contributed by atoms with Crippen LogP contribution in [0, 0.1) is 0 Å². The highest BCUT2D eigenvalue weighted by atomic mass is 16.5. The van der Waals surface area contributed by atoms with Crippen LogP contribution < -0.4 is 10.1 Å². The van der Waals surface area contributed by atoms with Crippen molar-refractivity contribution >= 4 is 23.5 Å². The first-order valence-electron chi connectivity index (χ1n) is 6.50. The summed E-state index contributed by atoms with van der Waals surface area (Å²) in [6, 6.07) is 14.5. The molecule has 2 aromatic carbocycles. The molecule has 0 aliphatic carbocycles. The Kier molecular flexibility index (Phi) is 3.28. The summed E-state index contributed by atoms with van der Waals surface area (Å²) in [5.74, 6) is -0.0930. The van der Waals surface area contributed by atoms with Crippen LogP contribution in [-0.2, 0) is 4.79 Å². The van der Waals surface area contributed by atoms with E-state index in [1.54, 1.807) is 37.5 Å². The average Bonchev–Trinajstić information content (AvgIpc) is 2.52. The van der Waals surface area contributed by atoms with Crippen LogP contribution in [-0.4, -0.2) is 18.9 Å². The van der Waals surface area contributed by atoms with E-state index < -0.39 is 5.91 Å². The molecular weight excluding hydrogens is 266 g/mol. The van der Waals surface area contributed by atoms with Crippen LogP contribution >= 0.6 is 0 Å². The first-order valence-corrected chi connectivity index (χ1v) is 6.50. The lowest BCUT2D eigenvalue weighted by atomic mass is 9.93. The van der Waals surface area contributed by atoms with Crippen LogP contribution in [0.4, 0.5) is 0 Å². The predicted octanol–water partition coefficient (Wildman–Crippen LogP) is 2.51. The van der Waals surface area contributed by atoms with E-state index in [-0.39, 0.29) is 5.91 Å². The van der Waals surface area contributed by atoms with Gasteiger partial charge in [0, 0.05) is 16.7 Å². The van der Waals surface area contributed by atoms with Crippen molar-refractivity contribution in [3.63, 3.8) is 0 Å². The van der Waals surface area contributed by atoms with E-state index >= 15 is 0 Å². The first-order chi connectivity index (χ1) is 10.2. The monoisotopic (exact) mass is 279 g/mol. The van der Waals surface area contributed by atoms with Gasteiger partial charge in [0.1, 0.15) is 5.75 Å². The number of benzene rings is 2. The third-order valence-electron chi connectivity index (χ3n) is 3.37. The zero-order chi connectivity index (χ0) is 14.8. The fourth-order valence-corrected chi connectivity index (χ4v) is 2.36. The molecule has 1 aliphatic heterocycles. The van der Waals surface area contributed by atoms with Gasteiger partial charge in [-0.3, -0.25) is 14.9 Å². The molecule has 4 heteroatoms. The first kappa shape index (κ1) is 13.1. The Bertz CT molecular complexity index is 762. The molecule has 2 aromatic rings. The van der Waals surface area contributed by atoms with Gasteiger partial charge in [-0.25, -0.2) is 0 Å². The van der Waals surface area contributed by atoms with Gasteiger partial charge in [-0.2, -0.15) is 0 Å². The van der Waals surface area contributed by atoms with E-state index in [1.165, 1.54) is 0 Å². The Hall–Kier alpha value is -2.88. The summed E-state index contributed by atoms with van der Waals surface area (Å²) >= 11 is 0. The normalized spacial score (nSPS) is 15.6. The third kappa shape index (κ3) is 2.31. The molecule has 0 radical (unpaired) electrons. The number of hydrogen-bond donors (Lipinski definition) is 1. The maximum absolute atomic E-state index is 12.1. The Balaban J connectivity index is 2.17. The highest BCUT2D eigenvalue weighted by Crippen LogP contribution is 2.28. The number of imide groups is 1. The molecule has 2 amide bonds. The largest absolute Gasteiger partial charge is 0.496 e. The topological polar surface area (TPSA) is 55.4 Å². The van der Waals surface area contributed by atoms with E-state index in [9.17, 15) is 9.59 Å². The van der Waals surface area contributed by atoms with Gasteiger partial charge < -0.3 is 4.74 Å². The molecule has 3 rings (SSSR count). The van der Waals surface area contributed by atoms with E-state index in [4.69, 9.17) is 4.74 Å². The molecular formula is C17H13NO3. The molecule has 0 aromatic heterocycles. The van der Waals surface area contributed by atoms with Gasteiger partial charge in [-0.15, -0.1) is 0 Å². The van der Waals surface area contributed by atoms with Gasteiger partial charge in [-0.1, -0.05) is 36.4 Å². The molecule has 1 N–H and O–H groups in total.